The highest BCUT2D eigenvalue weighted by Gasteiger charge is 2.25. The molecule has 2 N–H and O–H groups in total. The second-order valence-corrected chi connectivity index (χ2v) is 6.11. The molecule has 5 heteroatoms. The Morgan fingerprint density at radius 1 is 1.17 bits per heavy atom. The molecule has 1 amide bonds. The van der Waals surface area contributed by atoms with E-state index in [1.165, 1.54) is 0 Å². The molecule has 0 aliphatic carbocycles. The summed E-state index contributed by atoms with van der Waals surface area (Å²) in [6.45, 7) is 2.62. The van der Waals surface area contributed by atoms with Crippen LogP contribution < -0.4 is 15.2 Å². The molecule has 0 saturated heterocycles. The second-order valence-electron chi connectivity index (χ2n) is 6.11. The van der Waals surface area contributed by atoms with Gasteiger partial charge >= 0.3 is 0 Å². The van der Waals surface area contributed by atoms with E-state index >= 15 is 0 Å². The minimum absolute atomic E-state index is 0.0176. The zero-order valence-corrected chi connectivity index (χ0v) is 13.9. The summed E-state index contributed by atoms with van der Waals surface area (Å²) < 4.78 is 10.7. The molecule has 0 radical (unpaired) electrons. The van der Waals surface area contributed by atoms with E-state index in [4.69, 9.17) is 15.2 Å². The molecule has 0 aromatic heterocycles. The summed E-state index contributed by atoms with van der Waals surface area (Å²) >= 11 is 0. The highest BCUT2D eigenvalue weighted by molar-refractivity contribution is 5.79. The number of carbonyl (C=O) groups is 1. The predicted octanol–water partition coefficient (Wildman–Crippen LogP) is 2.71. The van der Waals surface area contributed by atoms with Crippen molar-refractivity contribution in [2.24, 2.45) is 11.7 Å². The molecule has 2 atom stereocenters. The molecule has 0 spiro atoms. The second kappa shape index (κ2) is 6.93. The summed E-state index contributed by atoms with van der Waals surface area (Å²) in [4.78, 5) is 14.4. The van der Waals surface area contributed by atoms with Crippen LogP contribution in [0.4, 0.5) is 0 Å². The standard InChI is InChI=1S/C19H22N2O3/c1-13(18(20)15-6-4-3-5-7-15)19(22)21(2)11-14-8-9-16-17(10-14)24-12-23-16/h3-10,13,18H,11-12,20H2,1-2H3/t13-,18+/m1/s1. The first kappa shape index (κ1) is 16.3. The van der Waals surface area contributed by atoms with Crippen LogP contribution in [-0.4, -0.2) is 24.6 Å². The number of nitrogens with zero attached hydrogens (tertiary/aromatic N) is 1. The Hall–Kier alpha value is -2.53. The monoisotopic (exact) mass is 326 g/mol. The number of rotatable bonds is 5. The Morgan fingerprint density at radius 3 is 2.62 bits per heavy atom. The van der Waals surface area contributed by atoms with Gasteiger partial charge in [0.1, 0.15) is 0 Å². The molecule has 126 valence electrons. The van der Waals surface area contributed by atoms with E-state index in [0.29, 0.717) is 6.54 Å². The summed E-state index contributed by atoms with van der Waals surface area (Å²) in [7, 11) is 1.79. The van der Waals surface area contributed by atoms with Crippen molar-refractivity contribution in [1.82, 2.24) is 4.90 Å². The average molecular weight is 326 g/mol. The molecule has 0 bridgehead atoms. The largest absolute Gasteiger partial charge is 0.454 e. The first-order valence-corrected chi connectivity index (χ1v) is 8.00. The van der Waals surface area contributed by atoms with Gasteiger partial charge in [-0.2, -0.15) is 0 Å². The van der Waals surface area contributed by atoms with Crippen LogP contribution in [0.1, 0.15) is 24.1 Å². The number of amides is 1. The van der Waals surface area contributed by atoms with Crippen molar-refractivity contribution in [3.63, 3.8) is 0 Å². The van der Waals surface area contributed by atoms with Crippen LogP contribution in [0.5, 0.6) is 11.5 Å². The number of nitrogens with two attached hydrogens (primary N) is 1. The van der Waals surface area contributed by atoms with Crippen LogP contribution in [0.25, 0.3) is 0 Å². The number of ether oxygens (including phenoxy) is 2. The molecule has 1 aliphatic heterocycles. The van der Waals surface area contributed by atoms with Crippen LogP contribution in [0.3, 0.4) is 0 Å². The van der Waals surface area contributed by atoms with Gasteiger partial charge < -0.3 is 20.1 Å². The van der Waals surface area contributed by atoms with Gasteiger partial charge in [0.25, 0.3) is 0 Å². The minimum atomic E-state index is -0.321. The molecule has 0 unspecified atom stereocenters. The lowest BCUT2D eigenvalue weighted by Gasteiger charge is -2.25. The van der Waals surface area contributed by atoms with Crippen LogP contribution in [0.2, 0.25) is 0 Å². The zero-order valence-electron chi connectivity index (χ0n) is 13.9. The Balaban J connectivity index is 1.66. The fraction of sp³-hybridized carbons (Fsp3) is 0.316. The van der Waals surface area contributed by atoms with Crippen molar-refractivity contribution in [2.45, 2.75) is 19.5 Å². The van der Waals surface area contributed by atoms with E-state index in [9.17, 15) is 4.79 Å². The third-order valence-corrected chi connectivity index (χ3v) is 4.35. The van der Waals surface area contributed by atoms with Gasteiger partial charge in [-0.3, -0.25) is 4.79 Å². The zero-order chi connectivity index (χ0) is 17.1. The third kappa shape index (κ3) is 3.36. The van der Waals surface area contributed by atoms with Crippen LogP contribution in [0, 0.1) is 5.92 Å². The fourth-order valence-corrected chi connectivity index (χ4v) is 2.86. The molecular formula is C19H22N2O3. The highest BCUT2D eigenvalue weighted by Crippen LogP contribution is 2.33. The first-order chi connectivity index (χ1) is 11.6. The van der Waals surface area contributed by atoms with Crippen LogP contribution in [0.15, 0.2) is 48.5 Å². The fourth-order valence-electron chi connectivity index (χ4n) is 2.86. The lowest BCUT2D eigenvalue weighted by atomic mass is 9.94. The van der Waals surface area contributed by atoms with Gasteiger partial charge in [0.15, 0.2) is 11.5 Å². The number of benzene rings is 2. The van der Waals surface area contributed by atoms with Gasteiger partial charge in [0.2, 0.25) is 12.7 Å². The molecule has 24 heavy (non-hydrogen) atoms. The summed E-state index contributed by atoms with van der Waals surface area (Å²) in [6, 6.07) is 15.1. The molecule has 0 fully saturated rings. The van der Waals surface area contributed by atoms with Gasteiger partial charge in [-0.1, -0.05) is 43.3 Å². The van der Waals surface area contributed by atoms with Crippen LogP contribution >= 0.6 is 0 Å². The van der Waals surface area contributed by atoms with Crippen molar-refractivity contribution in [3.8, 4) is 11.5 Å². The van der Waals surface area contributed by atoms with Crippen molar-refractivity contribution in [2.75, 3.05) is 13.8 Å². The van der Waals surface area contributed by atoms with Gasteiger partial charge in [-0.15, -0.1) is 0 Å². The molecule has 0 saturated carbocycles. The maximum absolute atomic E-state index is 12.7. The van der Waals surface area contributed by atoms with Crippen LogP contribution in [-0.2, 0) is 11.3 Å². The minimum Gasteiger partial charge on any atom is -0.454 e. The average Bonchev–Trinajstić information content (AvgIpc) is 3.08. The van der Waals surface area contributed by atoms with E-state index in [0.717, 1.165) is 22.6 Å². The Morgan fingerprint density at radius 2 is 1.88 bits per heavy atom. The highest BCUT2D eigenvalue weighted by atomic mass is 16.7. The van der Waals surface area contributed by atoms with Gasteiger partial charge in [0, 0.05) is 19.6 Å². The first-order valence-electron chi connectivity index (χ1n) is 8.00. The number of carbonyl (C=O) groups excluding carboxylic acids is 1. The lowest BCUT2D eigenvalue weighted by Crippen LogP contribution is -2.36. The lowest BCUT2D eigenvalue weighted by molar-refractivity contribution is -0.134. The van der Waals surface area contributed by atoms with Crippen molar-refractivity contribution < 1.29 is 14.3 Å². The summed E-state index contributed by atoms with van der Waals surface area (Å²) in [5.74, 6) is 1.19. The molecule has 1 aliphatic rings. The molecule has 2 aromatic carbocycles. The summed E-state index contributed by atoms with van der Waals surface area (Å²) in [5, 5.41) is 0. The SMILES string of the molecule is C[C@@H](C(=O)N(C)Cc1ccc2c(c1)OCO2)[C@H](N)c1ccccc1. The Bertz CT molecular complexity index is 718. The van der Waals surface area contributed by atoms with Gasteiger partial charge in [-0.05, 0) is 23.3 Å². The van der Waals surface area contributed by atoms with Crippen molar-refractivity contribution >= 4 is 5.91 Å². The van der Waals surface area contributed by atoms with Gasteiger partial charge in [-0.25, -0.2) is 0 Å². The smallest absolute Gasteiger partial charge is 0.231 e. The maximum atomic E-state index is 12.7. The number of hydrogen-bond donors (Lipinski definition) is 1. The summed E-state index contributed by atoms with van der Waals surface area (Å²) in [5.41, 5.74) is 8.22. The molecule has 1 heterocycles. The van der Waals surface area contributed by atoms with E-state index in [1.54, 1.807) is 11.9 Å². The number of fused-ring (bicyclic) bond motifs is 1. The normalized spacial score (nSPS) is 15.0. The quantitative estimate of drug-likeness (QED) is 0.917. The molecule has 3 rings (SSSR count). The van der Waals surface area contributed by atoms with E-state index in [-0.39, 0.29) is 24.7 Å². The maximum Gasteiger partial charge on any atom is 0.231 e. The Kier molecular flexibility index (Phi) is 4.71. The molecule has 5 nitrogen and oxygen atoms in total. The third-order valence-electron chi connectivity index (χ3n) is 4.35. The van der Waals surface area contributed by atoms with E-state index in [1.807, 2.05) is 55.5 Å². The van der Waals surface area contributed by atoms with E-state index < -0.39 is 0 Å². The van der Waals surface area contributed by atoms with Gasteiger partial charge in [0.05, 0.1) is 5.92 Å². The van der Waals surface area contributed by atoms with Crippen molar-refractivity contribution in [1.29, 1.82) is 0 Å². The number of hydrogen-bond acceptors (Lipinski definition) is 4. The van der Waals surface area contributed by atoms with E-state index in [2.05, 4.69) is 0 Å². The Labute approximate surface area is 142 Å². The molecular weight excluding hydrogens is 304 g/mol. The van der Waals surface area contributed by atoms with Crippen molar-refractivity contribution in [3.05, 3.63) is 59.7 Å². The summed E-state index contributed by atoms with van der Waals surface area (Å²) in [6.07, 6.45) is 0. The molecule has 2 aromatic rings. The predicted molar refractivity (Wildman–Crippen MR) is 91.6 cm³/mol. The topological polar surface area (TPSA) is 64.8 Å².